The van der Waals surface area contributed by atoms with Crippen molar-refractivity contribution in [3.05, 3.63) is 41.4 Å². The number of hydrogen-bond donors (Lipinski definition) is 2. The van der Waals surface area contributed by atoms with Gasteiger partial charge in [-0.1, -0.05) is 17.7 Å². The number of benzene rings is 1. The molecule has 8 heteroatoms. The normalized spacial score (nSPS) is 17.0. The molecule has 27 heavy (non-hydrogen) atoms. The highest BCUT2D eigenvalue weighted by Crippen LogP contribution is 2.25. The number of nitrogens with one attached hydrogen (secondary N) is 2. The van der Waals surface area contributed by atoms with Crippen LogP contribution >= 0.6 is 11.6 Å². The molecule has 2 heterocycles. The molecule has 1 atom stereocenters. The van der Waals surface area contributed by atoms with Gasteiger partial charge in [-0.3, -0.25) is 5.10 Å². The van der Waals surface area contributed by atoms with E-state index >= 15 is 0 Å². The predicted molar refractivity (Wildman–Crippen MR) is 107 cm³/mol. The first kappa shape index (κ1) is 19.5. The number of nitrogens with zero attached hydrogens (tertiary/aromatic N) is 4. The van der Waals surface area contributed by atoms with Crippen LogP contribution in [0.15, 0.2) is 35.6 Å². The summed E-state index contributed by atoms with van der Waals surface area (Å²) >= 11 is 6.01. The number of aromatic amines is 1. The number of ether oxygens (including phenoxy) is 1. The number of aromatic nitrogens is 3. The molecule has 3 rings (SSSR count). The summed E-state index contributed by atoms with van der Waals surface area (Å²) in [4.78, 5) is 11.4. The number of hydrogen-bond acceptors (Lipinski definition) is 4. The zero-order chi connectivity index (χ0) is 19.1. The SMILES string of the molecule is CCNC(=NCC(C)Oc1cccc(Cl)c1)N1CCC(c2ncn[nH]2)CC1. The Hall–Kier alpha value is -2.28. The Morgan fingerprint density at radius 1 is 1.44 bits per heavy atom. The van der Waals surface area contributed by atoms with E-state index in [1.54, 1.807) is 6.33 Å². The van der Waals surface area contributed by atoms with Crippen LogP contribution in [0.3, 0.4) is 0 Å². The lowest BCUT2D eigenvalue weighted by Gasteiger charge is -2.33. The van der Waals surface area contributed by atoms with E-state index in [0.29, 0.717) is 17.5 Å². The van der Waals surface area contributed by atoms with Crippen LogP contribution in [-0.4, -0.2) is 58.3 Å². The average molecular weight is 391 g/mol. The third-order valence-electron chi connectivity index (χ3n) is 4.58. The van der Waals surface area contributed by atoms with Gasteiger partial charge in [0.25, 0.3) is 0 Å². The number of H-pyrrole nitrogens is 1. The van der Waals surface area contributed by atoms with Gasteiger partial charge in [0.05, 0.1) is 6.54 Å². The van der Waals surface area contributed by atoms with Gasteiger partial charge in [-0.2, -0.15) is 5.10 Å². The zero-order valence-corrected chi connectivity index (χ0v) is 16.6. The van der Waals surface area contributed by atoms with Crippen molar-refractivity contribution in [2.75, 3.05) is 26.2 Å². The molecule has 1 aromatic heterocycles. The standard InChI is InChI=1S/C19H27ClN6O/c1-3-21-19(22-12-14(2)27-17-6-4-5-16(20)11-17)26-9-7-15(8-10-26)18-23-13-24-25-18/h4-6,11,13-15H,3,7-10,12H2,1-2H3,(H,21,22)(H,23,24,25). The molecule has 0 spiro atoms. The number of piperidine rings is 1. The van der Waals surface area contributed by atoms with Crippen molar-refractivity contribution >= 4 is 17.6 Å². The van der Waals surface area contributed by atoms with Crippen LogP contribution in [0.25, 0.3) is 0 Å². The summed E-state index contributed by atoms with van der Waals surface area (Å²) in [6, 6.07) is 7.45. The number of guanidine groups is 1. The van der Waals surface area contributed by atoms with E-state index in [9.17, 15) is 0 Å². The van der Waals surface area contributed by atoms with E-state index in [2.05, 4.69) is 32.3 Å². The van der Waals surface area contributed by atoms with Crippen LogP contribution < -0.4 is 10.1 Å². The molecule has 0 aliphatic carbocycles. The van der Waals surface area contributed by atoms with Crippen LogP contribution in [0.5, 0.6) is 5.75 Å². The second kappa shape index (κ2) is 9.60. The summed E-state index contributed by atoms with van der Waals surface area (Å²) in [6.07, 6.45) is 3.61. The van der Waals surface area contributed by atoms with Gasteiger partial charge in [0.2, 0.25) is 0 Å². The Kier molecular flexibility index (Phi) is 6.92. The van der Waals surface area contributed by atoms with E-state index in [0.717, 1.165) is 50.0 Å². The fourth-order valence-electron chi connectivity index (χ4n) is 3.23. The molecule has 0 radical (unpaired) electrons. The Labute approximate surface area is 165 Å². The molecule has 1 saturated heterocycles. The van der Waals surface area contributed by atoms with Gasteiger partial charge in [0.1, 0.15) is 24.0 Å². The highest BCUT2D eigenvalue weighted by Gasteiger charge is 2.24. The van der Waals surface area contributed by atoms with Gasteiger partial charge in [0, 0.05) is 30.6 Å². The molecule has 1 fully saturated rings. The van der Waals surface area contributed by atoms with Crippen molar-refractivity contribution in [1.82, 2.24) is 25.4 Å². The van der Waals surface area contributed by atoms with Crippen LogP contribution in [0.2, 0.25) is 5.02 Å². The molecule has 1 aliphatic heterocycles. The first-order valence-corrected chi connectivity index (χ1v) is 9.84. The number of likely N-dealkylation sites (tertiary alicyclic amines) is 1. The minimum absolute atomic E-state index is 0.0381. The zero-order valence-electron chi connectivity index (χ0n) is 15.9. The first-order valence-electron chi connectivity index (χ1n) is 9.46. The van der Waals surface area contributed by atoms with E-state index in [1.165, 1.54) is 0 Å². The minimum Gasteiger partial charge on any atom is -0.489 e. The average Bonchev–Trinajstić information content (AvgIpc) is 3.20. The molecule has 2 N–H and O–H groups in total. The lowest BCUT2D eigenvalue weighted by molar-refractivity contribution is 0.228. The van der Waals surface area contributed by atoms with Crippen molar-refractivity contribution in [3.8, 4) is 5.75 Å². The molecule has 1 unspecified atom stereocenters. The third kappa shape index (κ3) is 5.60. The van der Waals surface area contributed by atoms with E-state index in [1.807, 2.05) is 31.2 Å². The Morgan fingerprint density at radius 3 is 2.93 bits per heavy atom. The fraction of sp³-hybridized carbons (Fsp3) is 0.526. The summed E-state index contributed by atoms with van der Waals surface area (Å²) in [5.41, 5.74) is 0. The summed E-state index contributed by atoms with van der Waals surface area (Å²) in [5, 5.41) is 11.0. The van der Waals surface area contributed by atoms with Crippen molar-refractivity contribution < 1.29 is 4.74 Å². The van der Waals surface area contributed by atoms with Crippen molar-refractivity contribution in [2.24, 2.45) is 4.99 Å². The number of aliphatic imine (C=N–C) groups is 1. The second-order valence-electron chi connectivity index (χ2n) is 6.71. The van der Waals surface area contributed by atoms with Crippen LogP contribution in [0.1, 0.15) is 38.4 Å². The maximum atomic E-state index is 6.01. The molecule has 0 amide bonds. The lowest BCUT2D eigenvalue weighted by Crippen LogP contribution is -2.45. The molecule has 1 aromatic carbocycles. The van der Waals surface area contributed by atoms with E-state index < -0.39 is 0 Å². The fourth-order valence-corrected chi connectivity index (χ4v) is 3.41. The molecular formula is C19H27ClN6O. The van der Waals surface area contributed by atoms with Gasteiger partial charge >= 0.3 is 0 Å². The molecule has 7 nitrogen and oxygen atoms in total. The second-order valence-corrected chi connectivity index (χ2v) is 7.15. The Bertz CT molecular complexity index is 728. The number of halogens is 1. The van der Waals surface area contributed by atoms with Crippen LogP contribution in [-0.2, 0) is 0 Å². The van der Waals surface area contributed by atoms with Crippen molar-refractivity contribution in [2.45, 2.75) is 38.7 Å². The topological polar surface area (TPSA) is 78.4 Å². The quantitative estimate of drug-likeness (QED) is 0.585. The Morgan fingerprint density at radius 2 is 2.26 bits per heavy atom. The molecule has 2 aromatic rings. The minimum atomic E-state index is -0.0381. The predicted octanol–water partition coefficient (Wildman–Crippen LogP) is 3.07. The highest BCUT2D eigenvalue weighted by molar-refractivity contribution is 6.30. The summed E-state index contributed by atoms with van der Waals surface area (Å²) in [5.74, 6) is 3.13. The van der Waals surface area contributed by atoms with Crippen molar-refractivity contribution in [1.29, 1.82) is 0 Å². The van der Waals surface area contributed by atoms with E-state index in [-0.39, 0.29) is 6.10 Å². The lowest BCUT2D eigenvalue weighted by atomic mass is 9.96. The van der Waals surface area contributed by atoms with Gasteiger partial charge in [-0.25, -0.2) is 9.98 Å². The van der Waals surface area contributed by atoms with Gasteiger partial charge in [-0.05, 0) is 44.9 Å². The summed E-state index contributed by atoms with van der Waals surface area (Å²) < 4.78 is 5.92. The molecular weight excluding hydrogens is 364 g/mol. The molecule has 0 bridgehead atoms. The summed E-state index contributed by atoms with van der Waals surface area (Å²) in [7, 11) is 0. The maximum Gasteiger partial charge on any atom is 0.194 e. The highest BCUT2D eigenvalue weighted by atomic mass is 35.5. The third-order valence-corrected chi connectivity index (χ3v) is 4.82. The number of rotatable bonds is 6. The van der Waals surface area contributed by atoms with Crippen LogP contribution in [0.4, 0.5) is 0 Å². The molecule has 0 saturated carbocycles. The maximum absolute atomic E-state index is 6.01. The monoisotopic (exact) mass is 390 g/mol. The van der Waals surface area contributed by atoms with Gasteiger partial charge in [-0.15, -0.1) is 0 Å². The van der Waals surface area contributed by atoms with Crippen molar-refractivity contribution in [3.63, 3.8) is 0 Å². The van der Waals surface area contributed by atoms with Crippen LogP contribution in [0, 0.1) is 0 Å². The van der Waals surface area contributed by atoms with E-state index in [4.69, 9.17) is 21.3 Å². The molecule has 1 aliphatic rings. The first-order chi connectivity index (χ1) is 13.2. The smallest absolute Gasteiger partial charge is 0.194 e. The summed E-state index contributed by atoms with van der Waals surface area (Å²) in [6.45, 7) is 7.41. The van der Waals surface area contributed by atoms with Gasteiger partial charge < -0.3 is 15.0 Å². The van der Waals surface area contributed by atoms with Gasteiger partial charge in [0.15, 0.2) is 5.96 Å². The Balaban J connectivity index is 1.54. The largest absolute Gasteiger partial charge is 0.489 e. The molecule has 146 valence electrons.